The van der Waals surface area contributed by atoms with Crippen molar-refractivity contribution in [3.63, 3.8) is 0 Å². The maximum Gasteiger partial charge on any atom is 0.407 e. The van der Waals surface area contributed by atoms with Crippen LogP contribution in [-0.2, 0) is 17.7 Å². The number of hydrogen-bond acceptors (Lipinski definition) is 9. The van der Waals surface area contributed by atoms with Gasteiger partial charge in [0.2, 0.25) is 5.82 Å². The number of amides is 1. The van der Waals surface area contributed by atoms with E-state index in [9.17, 15) is 15.3 Å². The molecule has 3 rings (SSSR count). The number of aromatic nitrogens is 2. The van der Waals surface area contributed by atoms with Crippen LogP contribution in [0.5, 0.6) is 0 Å². The van der Waals surface area contributed by atoms with Gasteiger partial charge in [0.25, 0.3) is 0 Å². The number of nitrogens with zero attached hydrogens (tertiary/aromatic N) is 4. The van der Waals surface area contributed by atoms with Crippen molar-refractivity contribution in [3.05, 3.63) is 38.7 Å². The summed E-state index contributed by atoms with van der Waals surface area (Å²) >= 11 is 3.01. The lowest BCUT2D eigenvalue weighted by molar-refractivity contribution is 0.0508. The van der Waals surface area contributed by atoms with E-state index >= 15 is 0 Å². The molecule has 0 radical (unpaired) electrons. The minimum absolute atomic E-state index is 0.00181. The third kappa shape index (κ3) is 5.69. The van der Waals surface area contributed by atoms with Crippen molar-refractivity contribution in [3.8, 4) is 12.1 Å². The van der Waals surface area contributed by atoms with E-state index in [4.69, 9.17) is 4.74 Å². The Balaban J connectivity index is 1.88. The predicted molar refractivity (Wildman–Crippen MR) is 121 cm³/mol. The zero-order valence-corrected chi connectivity index (χ0v) is 19.3. The molecule has 0 saturated heterocycles. The molecule has 0 spiro atoms. The molecule has 0 saturated carbocycles. The van der Waals surface area contributed by atoms with E-state index in [1.165, 1.54) is 11.3 Å². The minimum Gasteiger partial charge on any atom is -0.444 e. The highest BCUT2D eigenvalue weighted by Crippen LogP contribution is 2.35. The number of carbonyl (C=O) groups excluding carboxylic acids is 1. The highest BCUT2D eigenvalue weighted by Gasteiger charge is 2.22. The number of carbonyl (C=O) groups is 1. The molecule has 31 heavy (non-hydrogen) atoms. The predicted octanol–water partition coefficient (Wildman–Crippen LogP) is 4.56. The van der Waals surface area contributed by atoms with Gasteiger partial charge in [-0.2, -0.15) is 10.5 Å². The smallest absolute Gasteiger partial charge is 0.407 e. The van der Waals surface area contributed by atoms with Crippen LogP contribution in [0.2, 0.25) is 0 Å². The molecule has 1 amide bonds. The van der Waals surface area contributed by atoms with Gasteiger partial charge < -0.3 is 15.4 Å². The van der Waals surface area contributed by atoms with Crippen molar-refractivity contribution in [2.75, 3.05) is 5.32 Å². The Bertz CT molecular complexity index is 1170. The number of nitrogens with one attached hydrogen (secondary N) is 2. The van der Waals surface area contributed by atoms with E-state index in [2.05, 4.69) is 26.7 Å². The SMILES string of the molecule is C[C@@H](Cc1sc2c(NCc3cccs3)nc(C#N)nc2c1C#N)NC(=O)OC(C)(C)C. The number of thiophene rings is 2. The zero-order chi connectivity index (χ0) is 22.6. The second kappa shape index (κ2) is 9.29. The molecule has 3 heterocycles. The molecule has 0 aromatic carbocycles. The van der Waals surface area contributed by atoms with Crippen LogP contribution in [0.25, 0.3) is 10.2 Å². The van der Waals surface area contributed by atoms with Gasteiger partial charge in [-0.3, -0.25) is 0 Å². The molecule has 10 heteroatoms. The molecule has 160 valence electrons. The first-order chi connectivity index (χ1) is 14.7. The molecule has 0 aliphatic carbocycles. The molecule has 0 fully saturated rings. The number of alkyl carbamates (subject to hydrolysis) is 1. The molecule has 0 aliphatic rings. The van der Waals surface area contributed by atoms with E-state index < -0.39 is 11.7 Å². The monoisotopic (exact) mass is 454 g/mol. The molecule has 3 aromatic heterocycles. The van der Waals surface area contributed by atoms with Crippen molar-refractivity contribution >= 4 is 44.8 Å². The summed E-state index contributed by atoms with van der Waals surface area (Å²) in [6.45, 7) is 7.80. The Morgan fingerprint density at radius 2 is 2.06 bits per heavy atom. The van der Waals surface area contributed by atoms with Crippen LogP contribution in [0.4, 0.5) is 10.6 Å². The zero-order valence-electron chi connectivity index (χ0n) is 17.6. The number of hydrogen-bond donors (Lipinski definition) is 2. The summed E-state index contributed by atoms with van der Waals surface area (Å²) < 4.78 is 6.01. The van der Waals surface area contributed by atoms with Gasteiger partial charge in [0, 0.05) is 22.2 Å². The summed E-state index contributed by atoms with van der Waals surface area (Å²) in [6, 6.07) is 7.88. The van der Waals surface area contributed by atoms with Crippen molar-refractivity contribution in [1.82, 2.24) is 15.3 Å². The Morgan fingerprint density at radius 1 is 1.29 bits per heavy atom. The first-order valence-electron chi connectivity index (χ1n) is 9.59. The van der Waals surface area contributed by atoms with Crippen molar-refractivity contribution < 1.29 is 9.53 Å². The Hall–Kier alpha value is -3.21. The lowest BCUT2D eigenvalue weighted by Gasteiger charge is -2.21. The average Bonchev–Trinajstić information content (AvgIpc) is 3.31. The van der Waals surface area contributed by atoms with E-state index in [0.717, 1.165) is 9.75 Å². The summed E-state index contributed by atoms with van der Waals surface area (Å²) in [5, 5.41) is 27.2. The maximum absolute atomic E-state index is 12.1. The van der Waals surface area contributed by atoms with Crippen LogP contribution in [0, 0.1) is 22.7 Å². The molecule has 3 aromatic rings. The fourth-order valence-corrected chi connectivity index (χ4v) is 4.80. The summed E-state index contributed by atoms with van der Waals surface area (Å²) in [5.74, 6) is 0.525. The highest BCUT2D eigenvalue weighted by atomic mass is 32.1. The van der Waals surface area contributed by atoms with E-state index in [1.807, 2.05) is 30.5 Å². The molecular weight excluding hydrogens is 432 g/mol. The largest absolute Gasteiger partial charge is 0.444 e. The fraction of sp³-hybridized carbons (Fsp3) is 0.381. The van der Waals surface area contributed by atoms with Gasteiger partial charge >= 0.3 is 6.09 Å². The molecule has 0 aliphatic heterocycles. The summed E-state index contributed by atoms with van der Waals surface area (Å²) in [4.78, 5) is 22.5. The topological polar surface area (TPSA) is 124 Å². The molecule has 1 atom stereocenters. The lowest BCUT2D eigenvalue weighted by atomic mass is 10.1. The second-order valence-corrected chi connectivity index (χ2v) is 10.0. The van der Waals surface area contributed by atoms with E-state index in [-0.39, 0.29) is 11.9 Å². The van der Waals surface area contributed by atoms with Gasteiger partial charge in [0.05, 0.1) is 16.8 Å². The first kappa shape index (κ1) is 22.5. The maximum atomic E-state index is 12.1. The number of anilines is 1. The van der Waals surface area contributed by atoms with Crippen LogP contribution in [-0.4, -0.2) is 27.7 Å². The second-order valence-electron chi connectivity index (χ2n) is 7.88. The fourth-order valence-electron chi connectivity index (χ4n) is 2.87. The molecule has 2 N–H and O–H groups in total. The highest BCUT2D eigenvalue weighted by molar-refractivity contribution is 7.19. The van der Waals surface area contributed by atoms with Gasteiger partial charge in [-0.15, -0.1) is 22.7 Å². The summed E-state index contributed by atoms with van der Waals surface area (Å²) in [5.41, 5.74) is 0.258. The van der Waals surface area contributed by atoms with Crippen molar-refractivity contribution in [1.29, 1.82) is 10.5 Å². The van der Waals surface area contributed by atoms with Gasteiger partial charge in [-0.05, 0) is 39.1 Å². The van der Waals surface area contributed by atoms with Crippen LogP contribution < -0.4 is 10.6 Å². The van der Waals surface area contributed by atoms with Crippen LogP contribution in [0.3, 0.4) is 0 Å². The third-order valence-corrected chi connectivity index (χ3v) is 6.17. The normalized spacial score (nSPS) is 12.1. The molecular formula is C21H22N6O2S2. The molecule has 0 unspecified atom stereocenters. The Morgan fingerprint density at radius 3 is 2.68 bits per heavy atom. The van der Waals surface area contributed by atoms with Crippen LogP contribution in [0.15, 0.2) is 17.5 Å². The minimum atomic E-state index is -0.592. The van der Waals surface area contributed by atoms with Gasteiger partial charge in [-0.1, -0.05) is 6.07 Å². The van der Waals surface area contributed by atoms with Crippen LogP contribution >= 0.6 is 22.7 Å². The van der Waals surface area contributed by atoms with Crippen LogP contribution in [0.1, 0.15) is 48.8 Å². The number of ether oxygens (including phenoxy) is 1. The van der Waals surface area contributed by atoms with E-state index in [1.54, 1.807) is 32.1 Å². The quantitative estimate of drug-likeness (QED) is 0.559. The Labute approximate surface area is 188 Å². The van der Waals surface area contributed by atoms with Crippen molar-refractivity contribution in [2.24, 2.45) is 0 Å². The van der Waals surface area contributed by atoms with Crippen molar-refractivity contribution in [2.45, 2.75) is 52.3 Å². The number of rotatable bonds is 6. The third-order valence-electron chi connectivity index (χ3n) is 4.08. The average molecular weight is 455 g/mol. The Kier molecular flexibility index (Phi) is 6.74. The van der Waals surface area contributed by atoms with Gasteiger partial charge in [-0.25, -0.2) is 14.8 Å². The first-order valence-corrected chi connectivity index (χ1v) is 11.3. The lowest BCUT2D eigenvalue weighted by Crippen LogP contribution is -2.38. The molecule has 8 nitrogen and oxygen atoms in total. The standard InChI is InChI=1S/C21H22N6O2S2/c1-12(25-20(28)29-21(2,3)4)8-15-14(9-22)17-18(31-15)19(27-16(10-23)26-17)24-11-13-6-5-7-30-13/h5-7,12H,8,11H2,1-4H3,(H,25,28)(H,24,26,27)/t12-/m0/s1. The molecule has 0 bridgehead atoms. The summed E-state index contributed by atoms with van der Waals surface area (Å²) in [6.07, 6.45) is -0.0837. The van der Waals surface area contributed by atoms with Gasteiger partial charge in [0.15, 0.2) is 0 Å². The number of nitriles is 2. The summed E-state index contributed by atoms with van der Waals surface area (Å²) in [7, 11) is 0. The van der Waals surface area contributed by atoms with E-state index in [0.29, 0.717) is 34.6 Å². The van der Waals surface area contributed by atoms with Gasteiger partial charge in [0.1, 0.15) is 29.1 Å². The number of fused-ring (bicyclic) bond motifs is 1.